The molecule has 5 heteroatoms. The number of aliphatic hydroxyl groups is 3. The average Bonchev–Trinajstić information content (AvgIpc) is 2.55. The molecule has 1 aromatic carbocycles. The van der Waals surface area contributed by atoms with E-state index in [0.717, 1.165) is 0 Å². The lowest BCUT2D eigenvalue weighted by Gasteiger charge is -2.30. The van der Waals surface area contributed by atoms with Gasteiger partial charge in [-0.2, -0.15) is 0 Å². The quantitative estimate of drug-likeness (QED) is 0.659. The van der Waals surface area contributed by atoms with Crippen LogP contribution in [0.3, 0.4) is 0 Å². The second-order valence-electron chi connectivity index (χ2n) is 7.08. The molecule has 1 atom stereocenters. The summed E-state index contributed by atoms with van der Waals surface area (Å²) in [6.07, 6.45) is -0.419. The minimum atomic E-state index is -0.879. The van der Waals surface area contributed by atoms with E-state index in [9.17, 15) is 9.90 Å². The van der Waals surface area contributed by atoms with E-state index in [1.165, 1.54) is 0 Å². The third-order valence-electron chi connectivity index (χ3n) is 3.23. The number of carbonyl (C=O) groups is 1. The van der Waals surface area contributed by atoms with Crippen molar-refractivity contribution in [2.24, 2.45) is 17.3 Å². The maximum Gasteiger partial charge on any atom is 0.335 e. The average molecular weight is 342 g/mol. The van der Waals surface area contributed by atoms with Crippen LogP contribution in [0.2, 0.25) is 0 Å². The Morgan fingerprint density at radius 3 is 1.62 bits per heavy atom. The van der Waals surface area contributed by atoms with Gasteiger partial charge in [-0.3, -0.25) is 0 Å². The predicted octanol–water partition coefficient (Wildman–Crippen LogP) is 3.04. The molecule has 1 unspecified atom stereocenters. The summed E-state index contributed by atoms with van der Waals surface area (Å²) in [6, 6.07) is 8.30. The third kappa shape index (κ3) is 12.0. The summed E-state index contributed by atoms with van der Waals surface area (Å²) in [6.45, 7) is 11.9. The molecule has 0 aliphatic carbocycles. The molecule has 0 heterocycles. The number of hydrogen-bond acceptors (Lipinski definition) is 4. The van der Waals surface area contributed by atoms with E-state index in [-0.39, 0.29) is 17.9 Å². The van der Waals surface area contributed by atoms with Gasteiger partial charge in [-0.1, -0.05) is 59.7 Å². The predicted molar refractivity (Wildman–Crippen MR) is 97.0 cm³/mol. The van der Waals surface area contributed by atoms with E-state index in [0.29, 0.717) is 18.1 Å². The molecule has 0 fully saturated rings. The molecule has 4 N–H and O–H groups in total. The number of benzene rings is 1. The molecule has 1 rings (SSSR count). The van der Waals surface area contributed by atoms with Crippen LogP contribution >= 0.6 is 0 Å². The fourth-order valence-corrected chi connectivity index (χ4v) is 1.58. The molecule has 0 saturated heterocycles. The number of aromatic carboxylic acids is 1. The maximum atomic E-state index is 10.2. The van der Waals surface area contributed by atoms with Crippen molar-refractivity contribution in [1.29, 1.82) is 0 Å². The summed E-state index contributed by atoms with van der Waals surface area (Å²) in [7, 11) is 0. The largest absolute Gasteiger partial charge is 0.478 e. The highest BCUT2D eigenvalue weighted by atomic mass is 16.4. The van der Waals surface area contributed by atoms with Gasteiger partial charge in [-0.15, -0.1) is 0 Å². The van der Waals surface area contributed by atoms with Gasteiger partial charge in [0.2, 0.25) is 0 Å². The van der Waals surface area contributed by atoms with Crippen molar-refractivity contribution in [2.75, 3.05) is 13.2 Å². The first-order valence-electron chi connectivity index (χ1n) is 8.17. The lowest BCUT2D eigenvalue weighted by molar-refractivity contribution is -0.0204. The van der Waals surface area contributed by atoms with Crippen molar-refractivity contribution in [3.63, 3.8) is 0 Å². The van der Waals surface area contributed by atoms with Crippen molar-refractivity contribution in [3.05, 3.63) is 35.9 Å². The van der Waals surface area contributed by atoms with Gasteiger partial charge >= 0.3 is 5.97 Å². The van der Waals surface area contributed by atoms with Gasteiger partial charge in [-0.05, 0) is 24.0 Å². The Morgan fingerprint density at radius 1 is 1.04 bits per heavy atom. The maximum absolute atomic E-state index is 10.2. The second kappa shape index (κ2) is 12.9. The van der Waals surface area contributed by atoms with Crippen LogP contribution in [0.1, 0.15) is 51.9 Å². The summed E-state index contributed by atoms with van der Waals surface area (Å²) in [4.78, 5) is 10.2. The first kappa shape index (κ1) is 24.8. The van der Waals surface area contributed by atoms with E-state index in [1.54, 1.807) is 30.3 Å². The molecule has 0 amide bonds. The Kier molecular flexibility index (Phi) is 13.4. The van der Waals surface area contributed by atoms with E-state index in [2.05, 4.69) is 0 Å². The van der Waals surface area contributed by atoms with E-state index < -0.39 is 12.1 Å². The Bertz CT molecular complexity index is 427. The van der Waals surface area contributed by atoms with Crippen LogP contribution in [0.25, 0.3) is 0 Å². The van der Waals surface area contributed by atoms with Crippen molar-refractivity contribution in [2.45, 2.75) is 47.6 Å². The molecule has 0 aliphatic heterocycles. The SMILES string of the molecule is CC(C)C(O)C(C)(C)CO.CC(C)CO.O=C(O)c1ccccc1. The smallest absolute Gasteiger partial charge is 0.335 e. The zero-order chi connectivity index (χ0) is 19.3. The molecular weight excluding hydrogens is 308 g/mol. The molecular formula is C19H34O5. The van der Waals surface area contributed by atoms with Gasteiger partial charge in [0.25, 0.3) is 0 Å². The summed E-state index contributed by atoms with van der Waals surface area (Å²) < 4.78 is 0. The molecule has 0 spiro atoms. The van der Waals surface area contributed by atoms with Crippen molar-refractivity contribution in [3.8, 4) is 0 Å². The van der Waals surface area contributed by atoms with Crippen molar-refractivity contribution < 1.29 is 25.2 Å². The highest BCUT2D eigenvalue weighted by Gasteiger charge is 2.28. The van der Waals surface area contributed by atoms with Crippen LogP contribution in [-0.2, 0) is 0 Å². The van der Waals surface area contributed by atoms with Gasteiger partial charge in [0.15, 0.2) is 0 Å². The molecule has 0 aliphatic rings. The molecule has 1 aromatic rings. The summed E-state index contributed by atoms with van der Waals surface area (Å²) in [5.74, 6) is -0.229. The molecule has 140 valence electrons. The van der Waals surface area contributed by atoms with Crippen molar-refractivity contribution >= 4 is 5.97 Å². The number of carboxylic acids is 1. The van der Waals surface area contributed by atoms with E-state index >= 15 is 0 Å². The van der Waals surface area contributed by atoms with Crippen LogP contribution in [0.5, 0.6) is 0 Å². The van der Waals surface area contributed by atoms with Crippen LogP contribution in [0.4, 0.5) is 0 Å². The Labute approximate surface area is 146 Å². The second-order valence-corrected chi connectivity index (χ2v) is 7.08. The zero-order valence-corrected chi connectivity index (χ0v) is 15.7. The first-order chi connectivity index (χ1) is 11.0. The van der Waals surface area contributed by atoms with Crippen LogP contribution in [0, 0.1) is 17.3 Å². The van der Waals surface area contributed by atoms with Crippen LogP contribution < -0.4 is 0 Å². The fraction of sp³-hybridized carbons (Fsp3) is 0.632. The number of rotatable bonds is 5. The Balaban J connectivity index is 0. The molecule has 0 saturated carbocycles. The number of carboxylic acid groups (broad SMARTS) is 1. The fourth-order valence-electron chi connectivity index (χ4n) is 1.58. The minimum absolute atomic E-state index is 0.0341. The summed E-state index contributed by atoms with van der Waals surface area (Å²) in [5.41, 5.74) is -0.0359. The molecule has 0 bridgehead atoms. The van der Waals surface area contributed by atoms with Gasteiger partial charge in [0.05, 0.1) is 18.3 Å². The number of aliphatic hydroxyl groups excluding tert-OH is 3. The van der Waals surface area contributed by atoms with E-state index in [4.69, 9.17) is 15.3 Å². The zero-order valence-electron chi connectivity index (χ0n) is 15.7. The van der Waals surface area contributed by atoms with Gasteiger partial charge in [0, 0.05) is 12.0 Å². The summed E-state index contributed by atoms with van der Waals surface area (Å²) in [5, 5.41) is 34.9. The normalized spacial score (nSPS) is 12.0. The number of hydrogen-bond donors (Lipinski definition) is 4. The molecule has 0 aromatic heterocycles. The van der Waals surface area contributed by atoms with Crippen molar-refractivity contribution in [1.82, 2.24) is 0 Å². The monoisotopic (exact) mass is 342 g/mol. The van der Waals surface area contributed by atoms with Gasteiger partial charge in [-0.25, -0.2) is 4.79 Å². The van der Waals surface area contributed by atoms with Crippen LogP contribution in [0.15, 0.2) is 30.3 Å². The molecule has 0 radical (unpaired) electrons. The highest BCUT2D eigenvalue weighted by molar-refractivity contribution is 5.87. The molecule has 24 heavy (non-hydrogen) atoms. The Hall–Kier alpha value is -1.43. The first-order valence-corrected chi connectivity index (χ1v) is 8.17. The summed E-state index contributed by atoms with van der Waals surface area (Å²) >= 11 is 0. The van der Waals surface area contributed by atoms with Gasteiger partial charge in [0.1, 0.15) is 0 Å². The molecule has 5 nitrogen and oxygen atoms in total. The topological polar surface area (TPSA) is 98.0 Å². The lowest BCUT2D eigenvalue weighted by Crippen LogP contribution is -2.36. The van der Waals surface area contributed by atoms with Crippen LogP contribution in [-0.4, -0.2) is 45.7 Å². The lowest BCUT2D eigenvalue weighted by atomic mass is 9.82. The van der Waals surface area contributed by atoms with E-state index in [1.807, 2.05) is 41.5 Å². The third-order valence-corrected chi connectivity index (χ3v) is 3.23. The van der Waals surface area contributed by atoms with Gasteiger partial charge < -0.3 is 20.4 Å². The Morgan fingerprint density at radius 2 is 1.46 bits per heavy atom. The highest BCUT2D eigenvalue weighted by Crippen LogP contribution is 2.24. The standard InChI is InChI=1S/C8H18O2.C7H6O2.C4H10O/c1-6(2)7(10)8(3,4)5-9;8-7(9)6-4-2-1-3-5-6;1-4(2)3-5/h6-7,9-10H,5H2,1-4H3;1-5H,(H,8,9);4-5H,3H2,1-2H3. The minimum Gasteiger partial charge on any atom is -0.478 e.